The molecule has 0 saturated heterocycles. The molecule has 1 amide bonds. The lowest BCUT2D eigenvalue weighted by Crippen LogP contribution is -2.25. The molecule has 0 heterocycles. The summed E-state index contributed by atoms with van der Waals surface area (Å²) < 4.78 is 0. The van der Waals surface area contributed by atoms with E-state index in [2.05, 4.69) is 34.6 Å². The van der Waals surface area contributed by atoms with Gasteiger partial charge in [0.1, 0.15) is 0 Å². The third kappa shape index (κ3) is 4.02. The second-order valence-corrected chi connectivity index (χ2v) is 9.63. The number of rotatable bonds is 5. The van der Waals surface area contributed by atoms with Gasteiger partial charge < -0.3 is 5.73 Å². The molecule has 0 radical (unpaired) electrons. The lowest BCUT2D eigenvalue weighted by atomic mass is 9.75. The second-order valence-electron chi connectivity index (χ2n) is 9.63. The molecule has 0 spiro atoms. The van der Waals surface area contributed by atoms with Crippen molar-refractivity contribution in [3.8, 4) is 0 Å². The number of nitrogens with two attached hydrogens (primary N) is 1. The molecule has 1 aliphatic carbocycles. The SMILES string of the molecule is CC(C)(C)c1ccc2c(c1)C(=O)c1ccc(C(C)(C)CCCC(N)=O)cc1C2=O. The van der Waals surface area contributed by atoms with E-state index in [1.54, 1.807) is 12.1 Å². The van der Waals surface area contributed by atoms with Gasteiger partial charge in [0.05, 0.1) is 0 Å². The Balaban J connectivity index is 1.98. The van der Waals surface area contributed by atoms with Gasteiger partial charge in [0.25, 0.3) is 0 Å². The fourth-order valence-corrected chi connectivity index (χ4v) is 3.89. The Morgan fingerprint density at radius 2 is 1.28 bits per heavy atom. The highest BCUT2D eigenvalue weighted by atomic mass is 16.1. The smallest absolute Gasteiger partial charge is 0.217 e. The van der Waals surface area contributed by atoms with Crippen LogP contribution in [-0.2, 0) is 15.6 Å². The molecule has 2 aromatic rings. The van der Waals surface area contributed by atoms with Crippen LogP contribution in [-0.4, -0.2) is 17.5 Å². The standard InChI is InChI=1S/C25H29NO3/c1-24(2,3)15-8-10-17-19(13-15)22(28)18-11-9-16(14-20(18)23(17)29)25(4,5)12-6-7-21(26)27/h8-11,13-14H,6-7,12H2,1-5H3,(H2,26,27). The molecular weight excluding hydrogens is 362 g/mol. The maximum Gasteiger partial charge on any atom is 0.217 e. The summed E-state index contributed by atoms with van der Waals surface area (Å²) >= 11 is 0. The third-order valence-electron chi connectivity index (χ3n) is 5.89. The van der Waals surface area contributed by atoms with Crippen LogP contribution in [0.2, 0.25) is 0 Å². The minimum Gasteiger partial charge on any atom is -0.370 e. The van der Waals surface area contributed by atoms with Crippen LogP contribution in [0.25, 0.3) is 0 Å². The van der Waals surface area contributed by atoms with Crippen LogP contribution in [0.15, 0.2) is 36.4 Å². The number of fused-ring (bicyclic) bond motifs is 2. The maximum atomic E-state index is 13.2. The van der Waals surface area contributed by atoms with Crippen molar-refractivity contribution in [1.29, 1.82) is 0 Å². The van der Waals surface area contributed by atoms with E-state index in [4.69, 9.17) is 5.73 Å². The van der Waals surface area contributed by atoms with Crippen molar-refractivity contribution in [2.24, 2.45) is 5.73 Å². The highest BCUT2D eigenvalue weighted by molar-refractivity contribution is 6.28. The van der Waals surface area contributed by atoms with Gasteiger partial charge in [-0.15, -0.1) is 0 Å². The molecule has 0 aliphatic heterocycles. The first-order valence-electron chi connectivity index (χ1n) is 10.1. The first kappa shape index (κ1) is 21.0. The van der Waals surface area contributed by atoms with Gasteiger partial charge in [0.15, 0.2) is 11.6 Å². The first-order valence-corrected chi connectivity index (χ1v) is 10.1. The molecule has 29 heavy (non-hydrogen) atoms. The Bertz CT molecular complexity index is 1010. The van der Waals surface area contributed by atoms with E-state index >= 15 is 0 Å². The molecule has 0 bridgehead atoms. The average Bonchev–Trinajstić information content (AvgIpc) is 2.64. The van der Waals surface area contributed by atoms with Gasteiger partial charge in [0, 0.05) is 28.7 Å². The molecule has 2 N–H and O–H groups in total. The molecule has 0 fully saturated rings. The Kier molecular flexibility index (Phi) is 5.24. The van der Waals surface area contributed by atoms with Gasteiger partial charge in [-0.2, -0.15) is 0 Å². The summed E-state index contributed by atoms with van der Waals surface area (Å²) in [5, 5.41) is 0. The molecule has 2 aromatic carbocycles. The number of hydrogen-bond acceptors (Lipinski definition) is 3. The summed E-state index contributed by atoms with van der Waals surface area (Å²) in [4.78, 5) is 37.4. The maximum absolute atomic E-state index is 13.2. The van der Waals surface area contributed by atoms with Crippen molar-refractivity contribution in [2.45, 2.75) is 64.7 Å². The van der Waals surface area contributed by atoms with Crippen LogP contribution >= 0.6 is 0 Å². The minimum absolute atomic E-state index is 0.0983. The van der Waals surface area contributed by atoms with E-state index in [1.165, 1.54) is 0 Å². The number of hydrogen-bond donors (Lipinski definition) is 1. The van der Waals surface area contributed by atoms with E-state index < -0.39 is 0 Å². The average molecular weight is 392 g/mol. The highest BCUT2D eigenvalue weighted by Crippen LogP contribution is 2.35. The van der Waals surface area contributed by atoms with Crippen LogP contribution in [0.3, 0.4) is 0 Å². The number of ketones is 2. The molecule has 4 heteroatoms. The molecule has 0 unspecified atom stereocenters. The van der Waals surface area contributed by atoms with Gasteiger partial charge >= 0.3 is 0 Å². The number of carbonyl (C=O) groups excluding carboxylic acids is 3. The van der Waals surface area contributed by atoms with E-state index in [0.29, 0.717) is 35.1 Å². The zero-order chi connectivity index (χ0) is 21.6. The summed E-state index contributed by atoms with van der Waals surface area (Å²) in [5.41, 5.74) is 8.82. The molecule has 0 atom stereocenters. The summed E-state index contributed by atoms with van der Waals surface area (Å²) in [7, 11) is 0. The van der Waals surface area contributed by atoms with Gasteiger partial charge in [-0.05, 0) is 59.1 Å². The summed E-state index contributed by atoms with van der Waals surface area (Å²) in [6.45, 7) is 10.4. The Morgan fingerprint density at radius 3 is 1.76 bits per heavy atom. The van der Waals surface area contributed by atoms with Gasteiger partial charge in [-0.3, -0.25) is 14.4 Å². The number of amides is 1. The van der Waals surface area contributed by atoms with Crippen molar-refractivity contribution in [3.05, 3.63) is 69.8 Å². The zero-order valence-electron chi connectivity index (χ0n) is 17.9. The Morgan fingerprint density at radius 1 is 0.793 bits per heavy atom. The summed E-state index contributed by atoms with van der Waals surface area (Å²) in [5.74, 6) is -0.512. The van der Waals surface area contributed by atoms with Crippen molar-refractivity contribution in [2.75, 3.05) is 0 Å². The predicted octanol–water partition coefficient (Wildman–Crippen LogP) is 4.69. The van der Waals surface area contributed by atoms with Gasteiger partial charge in [0.2, 0.25) is 5.91 Å². The number of primary amides is 1. The quantitative estimate of drug-likeness (QED) is 0.685. The van der Waals surface area contributed by atoms with Gasteiger partial charge in [-0.25, -0.2) is 0 Å². The lowest BCUT2D eigenvalue weighted by molar-refractivity contribution is -0.118. The lowest BCUT2D eigenvalue weighted by Gasteiger charge is -2.28. The van der Waals surface area contributed by atoms with E-state index in [0.717, 1.165) is 17.5 Å². The topological polar surface area (TPSA) is 77.2 Å². The van der Waals surface area contributed by atoms with E-state index in [-0.39, 0.29) is 28.3 Å². The van der Waals surface area contributed by atoms with Crippen LogP contribution < -0.4 is 5.73 Å². The van der Waals surface area contributed by atoms with Crippen molar-refractivity contribution < 1.29 is 14.4 Å². The third-order valence-corrected chi connectivity index (χ3v) is 5.89. The van der Waals surface area contributed by atoms with Crippen LogP contribution in [0.4, 0.5) is 0 Å². The van der Waals surface area contributed by atoms with Crippen LogP contribution in [0.1, 0.15) is 96.9 Å². The summed E-state index contributed by atoms with van der Waals surface area (Å²) in [6.07, 6.45) is 1.79. The zero-order valence-corrected chi connectivity index (χ0v) is 17.9. The van der Waals surface area contributed by atoms with Gasteiger partial charge in [-0.1, -0.05) is 46.8 Å². The van der Waals surface area contributed by atoms with Crippen molar-refractivity contribution in [1.82, 2.24) is 0 Å². The number of carbonyl (C=O) groups is 3. The fraction of sp³-hybridized carbons (Fsp3) is 0.400. The highest BCUT2D eigenvalue weighted by Gasteiger charge is 2.32. The first-order chi connectivity index (χ1) is 13.4. The molecule has 4 nitrogen and oxygen atoms in total. The van der Waals surface area contributed by atoms with Crippen LogP contribution in [0.5, 0.6) is 0 Å². The summed E-state index contributed by atoms with van der Waals surface area (Å²) in [6, 6.07) is 11.1. The predicted molar refractivity (Wildman–Crippen MR) is 115 cm³/mol. The molecular formula is C25H29NO3. The van der Waals surface area contributed by atoms with E-state index in [9.17, 15) is 14.4 Å². The van der Waals surface area contributed by atoms with E-state index in [1.807, 2.05) is 24.3 Å². The second kappa shape index (κ2) is 7.25. The van der Waals surface area contributed by atoms with Crippen molar-refractivity contribution >= 4 is 17.5 Å². The Labute approximate surface area is 172 Å². The normalized spacial score (nSPS) is 13.8. The fourth-order valence-electron chi connectivity index (χ4n) is 3.89. The largest absolute Gasteiger partial charge is 0.370 e. The van der Waals surface area contributed by atoms with Crippen molar-refractivity contribution in [3.63, 3.8) is 0 Å². The molecule has 152 valence electrons. The molecule has 1 aliphatic rings. The number of benzene rings is 2. The minimum atomic E-state index is -0.307. The Hall–Kier alpha value is -2.75. The monoisotopic (exact) mass is 391 g/mol. The molecule has 0 saturated carbocycles. The molecule has 0 aromatic heterocycles. The molecule has 3 rings (SSSR count). The van der Waals surface area contributed by atoms with Crippen LogP contribution in [0, 0.1) is 0 Å².